The van der Waals surface area contributed by atoms with Gasteiger partial charge < -0.3 is 15.3 Å². The minimum Gasteiger partial charge on any atom is -0.477 e. The van der Waals surface area contributed by atoms with Gasteiger partial charge >= 0.3 is 16.2 Å². The summed E-state index contributed by atoms with van der Waals surface area (Å²) in [5.74, 6) is -1.35. The lowest BCUT2D eigenvalue weighted by atomic mass is 10.0. The van der Waals surface area contributed by atoms with Gasteiger partial charge in [-0.15, -0.1) is 0 Å². The number of benzene rings is 1. The summed E-state index contributed by atoms with van der Waals surface area (Å²) >= 11 is 0. The van der Waals surface area contributed by atoms with Crippen molar-refractivity contribution in [2.24, 2.45) is 5.14 Å². The fourth-order valence-corrected chi connectivity index (χ4v) is 3.61. The fourth-order valence-electron chi connectivity index (χ4n) is 2.95. The molecule has 2 aromatic rings. The van der Waals surface area contributed by atoms with Crippen molar-refractivity contribution in [1.29, 1.82) is 0 Å². The van der Waals surface area contributed by atoms with Gasteiger partial charge in [0.2, 0.25) is 0 Å². The Morgan fingerprint density at radius 2 is 1.92 bits per heavy atom. The van der Waals surface area contributed by atoms with Crippen LogP contribution in [0.1, 0.15) is 10.5 Å². The minimum absolute atomic E-state index is 0.321. The molecule has 1 aromatic heterocycles. The van der Waals surface area contributed by atoms with Crippen LogP contribution in [0.3, 0.4) is 0 Å². The summed E-state index contributed by atoms with van der Waals surface area (Å²) in [5, 5.41) is 16.8. The van der Waals surface area contributed by atoms with Crippen LogP contribution in [0.25, 0.3) is 11.1 Å². The Bertz CT molecular complexity index is 869. The predicted molar refractivity (Wildman–Crippen MR) is 89.2 cm³/mol. The van der Waals surface area contributed by atoms with E-state index in [1.165, 1.54) is 6.07 Å². The SMILES string of the molecule is NS(=O)(=O)n1ccc(-c2cccc(N3CC[NH2+]CC3)c2)c1C(=O)O. The summed E-state index contributed by atoms with van der Waals surface area (Å²) in [4.78, 5) is 13.8. The van der Waals surface area contributed by atoms with Crippen LogP contribution < -0.4 is 15.4 Å². The van der Waals surface area contributed by atoms with Gasteiger partial charge in [0.05, 0.1) is 26.2 Å². The molecule has 1 aliphatic heterocycles. The van der Waals surface area contributed by atoms with Crippen LogP contribution in [0, 0.1) is 0 Å². The Morgan fingerprint density at radius 1 is 1.21 bits per heavy atom. The highest BCUT2D eigenvalue weighted by Gasteiger charge is 2.23. The Kier molecular flexibility index (Phi) is 4.31. The van der Waals surface area contributed by atoms with Crippen LogP contribution >= 0.6 is 0 Å². The number of aromatic carboxylic acids is 1. The third-order valence-corrected chi connectivity index (χ3v) is 4.91. The first-order valence-electron chi connectivity index (χ1n) is 7.53. The number of piperazine rings is 1. The standard InChI is InChI=1S/C15H18N4O4S/c16-24(22,23)19-7-4-13(14(19)15(20)21)11-2-1-3-12(10-11)18-8-5-17-6-9-18/h1-4,7,10,17H,5-6,8-9H2,(H,20,21)(H2,16,22,23)/p+1. The van der Waals surface area contributed by atoms with Gasteiger partial charge in [-0.3, -0.25) is 0 Å². The lowest BCUT2D eigenvalue weighted by Crippen LogP contribution is -2.89. The Labute approximate surface area is 139 Å². The molecule has 0 bridgehead atoms. The minimum atomic E-state index is -4.17. The molecule has 0 atom stereocenters. The van der Waals surface area contributed by atoms with Crippen LogP contribution in [0.2, 0.25) is 0 Å². The molecule has 2 heterocycles. The van der Waals surface area contributed by atoms with Gasteiger partial charge in [0.15, 0.2) is 5.69 Å². The first-order valence-corrected chi connectivity index (χ1v) is 9.03. The highest BCUT2D eigenvalue weighted by Crippen LogP contribution is 2.29. The van der Waals surface area contributed by atoms with Crippen molar-refractivity contribution in [3.8, 4) is 11.1 Å². The summed E-state index contributed by atoms with van der Waals surface area (Å²) in [6.07, 6.45) is 1.16. The van der Waals surface area contributed by atoms with E-state index in [0.717, 1.165) is 38.1 Å². The molecule has 1 saturated heterocycles. The molecule has 9 heteroatoms. The van der Waals surface area contributed by atoms with Gasteiger partial charge in [-0.05, 0) is 23.8 Å². The quantitative estimate of drug-likeness (QED) is 0.671. The van der Waals surface area contributed by atoms with E-state index < -0.39 is 16.2 Å². The van der Waals surface area contributed by atoms with Crippen LogP contribution in [0.15, 0.2) is 36.5 Å². The molecule has 8 nitrogen and oxygen atoms in total. The Balaban J connectivity index is 2.06. The number of carbonyl (C=O) groups is 1. The number of rotatable bonds is 4. The summed E-state index contributed by atoms with van der Waals surface area (Å²) in [5.41, 5.74) is 1.59. The maximum absolute atomic E-state index is 11.6. The first kappa shape index (κ1) is 16.5. The Morgan fingerprint density at radius 3 is 2.54 bits per heavy atom. The number of anilines is 1. The molecule has 128 valence electrons. The number of carboxylic acid groups (broad SMARTS) is 1. The van der Waals surface area contributed by atoms with Crippen LogP contribution in [-0.4, -0.2) is 49.6 Å². The number of nitrogens with zero attached hydrogens (tertiary/aromatic N) is 2. The molecular formula is C15H19N4O4S+. The zero-order valence-corrected chi connectivity index (χ0v) is 13.7. The van der Waals surface area contributed by atoms with Crippen molar-refractivity contribution in [3.63, 3.8) is 0 Å². The predicted octanol–water partition coefficient (Wildman–Crippen LogP) is -0.712. The van der Waals surface area contributed by atoms with Crippen LogP contribution in [0.5, 0.6) is 0 Å². The average Bonchev–Trinajstić information content (AvgIpc) is 3.01. The highest BCUT2D eigenvalue weighted by atomic mass is 32.2. The van der Waals surface area contributed by atoms with E-state index in [9.17, 15) is 18.3 Å². The molecule has 0 unspecified atom stereocenters. The maximum Gasteiger partial charge on any atom is 0.354 e. The first-order chi connectivity index (χ1) is 11.4. The molecule has 0 saturated carbocycles. The van der Waals surface area contributed by atoms with Crippen molar-refractivity contribution in [1.82, 2.24) is 3.97 Å². The van der Waals surface area contributed by atoms with E-state index >= 15 is 0 Å². The van der Waals surface area contributed by atoms with Gasteiger partial charge in [0.1, 0.15) is 0 Å². The fraction of sp³-hybridized carbons (Fsp3) is 0.267. The van der Waals surface area contributed by atoms with E-state index in [2.05, 4.69) is 10.2 Å². The van der Waals surface area contributed by atoms with Crippen molar-refractivity contribution in [2.45, 2.75) is 0 Å². The maximum atomic E-state index is 11.6. The lowest BCUT2D eigenvalue weighted by Gasteiger charge is -2.27. The molecule has 1 aliphatic rings. The van der Waals surface area contributed by atoms with E-state index in [1.54, 1.807) is 6.07 Å². The monoisotopic (exact) mass is 351 g/mol. The van der Waals surface area contributed by atoms with Crippen LogP contribution in [0.4, 0.5) is 5.69 Å². The molecular weight excluding hydrogens is 332 g/mol. The molecule has 0 spiro atoms. The van der Waals surface area contributed by atoms with Crippen molar-refractivity contribution >= 4 is 21.9 Å². The molecule has 3 rings (SSSR count). The second-order valence-corrected chi connectivity index (χ2v) is 7.05. The summed E-state index contributed by atoms with van der Waals surface area (Å²) in [7, 11) is -4.17. The van der Waals surface area contributed by atoms with Gasteiger partial charge in [-0.1, -0.05) is 12.1 Å². The zero-order chi connectivity index (χ0) is 17.3. The van der Waals surface area contributed by atoms with Gasteiger partial charge in [-0.25, -0.2) is 13.9 Å². The molecule has 1 aromatic carbocycles. The lowest BCUT2D eigenvalue weighted by molar-refractivity contribution is -0.655. The summed E-state index contributed by atoms with van der Waals surface area (Å²) in [6.45, 7) is 3.83. The highest BCUT2D eigenvalue weighted by molar-refractivity contribution is 7.87. The Hall–Kier alpha value is -2.36. The van der Waals surface area contributed by atoms with Crippen molar-refractivity contribution in [2.75, 3.05) is 31.1 Å². The van der Waals surface area contributed by atoms with E-state index in [-0.39, 0.29) is 5.69 Å². The van der Waals surface area contributed by atoms with E-state index in [0.29, 0.717) is 15.1 Å². The third kappa shape index (κ3) is 3.14. The number of quaternary nitrogens is 1. The number of nitrogens with two attached hydrogens (primary N) is 2. The molecule has 5 N–H and O–H groups in total. The summed E-state index contributed by atoms with van der Waals surface area (Å²) < 4.78 is 23.8. The molecule has 0 aliphatic carbocycles. The van der Waals surface area contributed by atoms with Gasteiger partial charge in [-0.2, -0.15) is 8.42 Å². The second kappa shape index (κ2) is 6.27. The van der Waals surface area contributed by atoms with Crippen molar-refractivity contribution < 1.29 is 23.6 Å². The van der Waals surface area contributed by atoms with E-state index in [4.69, 9.17) is 5.14 Å². The largest absolute Gasteiger partial charge is 0.477 e. The average molecular weight is 351 g/mol. The smallest absolute Gasteiger partial charge is 0.354 e. The normalized spacial score (nSPS) is 15.5. The number of aromatic nitrogens is 1. The molecule has 0 radical (unpaired) electrons. The van der Waals surface area contributed by atoms with E-state index in [1.807, 2.05) is 18.2 Å². The molecule has 24 heavy (non-hydrogen) atoms. The van der Waals surface area contributed by atoms with Crippen molar-refractivity contribution in [3.05, 3.63) is 42.2 Å². The second-order valence-electron chi connectivity index (χ2n) is 5.63. The number of hydrogen-bond acceptors (Lipinski definition) is 4. The third-order valence-electron chi connectivity index (χ3n) is 4.06. The number of hydrogen-bond donors (Lipinski definition) is 3. The van der Waals surface area contributed by atoms with Gasteiger partial charge in [0.25, 0.3) is 0 Å². The van der Waals surface area contributed by atoms with Gasteiger partial charge in [0, 0.05) is 17.4 Å². The number of carboxylic acids is 1. The topological polar surface area (TPSA) is 122 Å². The molecule has 1 fully saturated rings. The zero-order valence-electron chi connectivity index (χ0n) is 12.9. The summed E-state index contributed by atoms with van der Waals surface area (Å²) in [6, 6.07) is 8.89. The van der Waals surface area contributed by atoms with Crippen LogP contribution in [-0.2, 0) is 10.2 Å². The molecule has 0 amide bonds.